The van der Waals surface area contributed by atoms with E-state index in [4.69, 9.17) is 4.74 Å². The SMILES string of the molecule is Brc1ccc2nc(C3CCCOC3)nn2c1. The quantitative estimate of drug-likeness (QED) is 0.806. The molecule has 3 rings (SSSR count). The van der Waals surface area contributed by atoms with Crippen molar-refractivity contribution in [3.05, 3.63) is 28.6 Å². The molecule has 0 N–H and O–H groups in total. The average molecular weight is 282 g/mol. The van der Waals surface area contributed by atoms with Crippen LogP contribution >= 0.6 is 15.9 Å². The van der Waals surface area contributed by atoms with Gasteiger partial charge in [0.2, 0.25) is 0 Å². The molecule has 3 heterocycles. The number of hydrogen-bond donors (Lipinski definition) is 0. The summed E-state index contributed by atoms with van der Waals surface area (Å²) in [5.74, 6) is 1.25. The zero-order valence-electron chi connectivity index (χ0n) is 8.77. The number of ether oxygens (including phenoxy) is 1. The smallest absolute Gasteiger partial charge is 0.157 e. The Balaban J connectivity index is 1.97. The lowest BCUT2D eigenvalue weighted by atomic mass is 10.0. The van der Waals surface area contributed by atoms with E-state index in [0.717, 1.165) is 42.0 Å². The Kier molecular flexibility index (Phi) is 2.65. The van der Waals surface area contributed by atoms with Gasteiger partial charge in [0.15, 0.2) is 11.5 Å². The summed E-state index contributed by atoms with van der Waals surface area (Å²) in [5.41, 5.74) is 0.892. The van der Waals surface area contributed by atoms with E-state index in [1.54, 1.807) is 0 Å². The third kappa shape index (κ3) is 1.85. The number of rotatable bonds is 1. The Morgan fingerprint density at radius 1 is 1.44 bits per heavy atom. The van der Waals surface area contributed by atoms with Crippen LogP contribution in [0.1, 0.15) is 24.6 Å². The predicted molar refractivity (Wildman–Crippen MR) is 63.5 cm³/mol. The van der Waals surface area contributed by atoms with Crippen molar-refractivity contribution in [2.45, 2.75) is 18.8 Å². The van der Waals surface area contributed by atoms with Crippen LogP contribution in [0.3, 0.4) is 0 Å². The molecule has 16 heavy (non-hydrogen) atoms. The fraction of sp³-hybridized carbons (Fsp3) is 0.455. The van der Waals surface area contributed by atoms with Crippen molar-refractivity contribution in [1.82, 2.24) is 14.6 Å². The molecule has 0 aliphatic carbocycles. The van der Waals surface area contributed by atoms with E-state index in [2.05, 4.69) is 26.0 Å². The molecular formula is C11H12BrN3O. The number of halogens is 1. The van der Waals surface area contributed by atoms with E-state index >= 15 is 0 Å². The summed E-state index contributed by atoms with van der Waals surface area (Å²) < 4.78 is 8.28. The van der Waals surface area contributed by atoms with Gasteiger partial charge in [-0.3, -0.25) is 0 Å². The second-order valence-electron chi connectivity index (χ2n) is 4.03. The van der Waals surface area contributed by atoms with Gasteiger partial charge in [0, 0.05) is 23.2 Å². The summed E-state index contributed by atoms with van der Waals surface area (Å²) in [6.45, 7) is 1.62. The number of nitrogens with zero attached hydrogens (tertiary/aromatic N) is 3. The third-order valence-corrected chi connectivity index (χ3v) is 3.31. The first-order valence-electron chi connectivity index (χ1n) is 5.42. The van der Waals surface area contributed by atoms with Gasteiger partial charge >= 0.3 is 0 Å². The van der Waals surface area contributed by atoms with Gasteiger partial charge in [-0.05, 0) is 40.9 Å². The molecule has 1 fully saturated rings. The number of aromatic nitrogens is 3. The van der Waals surface area contributed by atoms with Crippen molar-refractivity contribution >= 4 is 21.6 Å². The van der Waals surface area contributed by atoms with Crippen LogP contribution in [-0.4, -0.2) is 27.8 Å². The fourth-order valence-electron chi connectivity index (χ4n) is 1.99. The molecule has 2 aromatic heterocycles. The van der Waals surface area contributed by atoms with Gasteiger partial charge in [0.1, 0.15) is 0 Å². The largest absolute Gasteiger partial charge is 0.381 e. The lowest BCUT2D eigenvalue weighted by molar-refractivity contribution is 0.0781. The first kappa shape index (κ1) is 10.2. The van der Waals surface area contributed by atoms with E-state index in [0.29, 0.717) is 5.92 Å². The van der Waals surface area contributed by atoms with E-state index in [1.165, 1.54) is 0 Å². The highest BCUT2D eigenvalue weighted by molar-refractivity contribution is 9.10. The first-order valence-corrected chi connectivity index (χ1v) is 6.22. The zero-order valence-corrected chi connectivity index (χ0v) is 10.4. The average Bonchev–Trinajstić information content (AvgIpc) is 2.73. The maximum atomic E-state index is 5.46. The van der Waals surface area contributed by atoms with Crippen LogP contribution in [0.2, 0.25) is 0 Å². The molecular weight excluding hydrogens is 270 g/mol. The van der Waals surface area contributed by atoms with Crippen molar-refractivity contribution in [2.24, 2.45) is 0 Å². The van der Waals surface area contributed by atoms with Gasteiger partial charge in [-0.1, -0.05) is 0 Å². The van der Waals surface area contributed by atoms with Gasteiger partial charge in [-0.2, -0.15) is 5.10 Å². The molecule has 0 aromatic carbocycles. The Bertz CT molecular complexity index is 505. The van der Waals surface area contributed by atoms with Crippen LogP contribution in [0.15, 0.2) is 22.8 Å². The molecule has 84 valence electrons. The maximum absolute atomic E-state index is 5.46. The molecule has 0 saturated carbocycles. The fourth-order valence-corrected chi connectivity index (χ4v) is 2.32. The third-order valence-electron chi connectivity index (χ3n) is 2.84. The van der Waals surface area contributed by atoms with Gasteiger partial charge in [-0.15, -0.1) is 0 Å². The first-order chi connectivity index (χ1) is 7.83. The summed E-state index contributed by atoms with van der Waals surface area (Å²) in [6, 6.07) is 3.94. The summed E-state index contributed by atoms with van der Waals surface area (Å²) in [7, 11) is 0. The Labute approximate surface area is 102 Å². The number of pyridine rings is 1. The van der Waals surface area contributed by atoms with Crippen LogP contribution in [0.5, 0.6) is 0 Å². The number of fused-ring (bicyclic) bond motifs is 1. The highest BCUT2D eigenvalue weighted by atomic mass is 79.9. The number of hydrogen-bond acceptors (Lipinski definition) is 3. The summed E-state index contributed by atoms with van der Waals surface area (Å²) in [5, 5.41) is 4.49. The Hall–Kier alpha value is -0.940. The van der Waals surface area contributed by atoms with Gasteiger partial charge in [-0.25, -0.2) is 9.50 Å². The maximum Gasteiger partial charge on any atom is 0.157 e. The summed E-state index contributed by atoms with van der Waals surface area (Å²) >= 11 is 3.42. The van der Waals surface area contributed by atoms with Crippen LogP contribution in [0.25, 0.3) is 5.65 Å². The molecule has 1 aliphatic heterocycles. The van der Waals surface area contributed by atoms with Crippen LogP contribution in [0.4, 0.5) is 0 Å². The van der Waals surface area contributed by atoms with Crippen molar-refractivity contribution < 1.29 is 4.74 Å². The molecule has 4 nitrogen and oxygen atoms in total. The molecule has 1 saturated heterocycles. The Morgan fingerprint density at radius 3 is 3.19 bits per heavy atom. The van der Waals surface area contributed by atoms with Gasteiger partial charge < -0.3 is 4.74 Å². The van der Waals surface area contributed by atoms with Crippen molar-refractivity contribution in [3.8, 4) is 0 Å². The molecule has 1 unspecified atom stereocenters. The molecule has 0 bridgehead atoms. The second kappa shape index (κ2) is 4.14. The minimum atomic E-state index is 0.354. The lowest BCUT2D eigenvalue weighted by Gasteiger charge is -2.18. The molecule has 0 spiro atoms. The van der Waals surface area contributed by atoms with Gasteiger partial charge in [0.25, 0.3) is 0 Å². The van der Waals surface area contributed by atoms with Gasteiger partial charge in [0.05, 0.1) is 6.61 Å². The standard InChI is InChI=1S/C11H12BrN3O/c12-9-3-4-10-13-11(14-15(10)6-9)8-2-1-5-16-7-8/h3-4,6,8H,1-2,5,7H2. The minimum absolute atomic E-state index is 0.354. The van der Waals surface area contributed by atoms with Crippen LogP contribution < -0.4 is 0 Å². The topological polar surface area (TPSA) is 39.4 Å². The normalized spacial score (nSPS) is 21.4. The van der Waals surface area contributed by atoms with Crippen LogP contribution in [-0.2, 0) is 4.74 Å². The molecule has 1 aliphatic rings. The molecule has 0 amide bonds. The highest BCUT2D eigenvalue weighted by Crippen LogP contribution is 2.23. The molecule has 5 heteroatoms. The van der Waals surface area contributed by atoms with Crippen molar-refractivity contribution in [2.75, 3.05) is 13.2 Å². The van der Waals surface area contributed by atoms with E-state index < -0.39 is 0 Å². The van der Waals surface area contributed by atoms with Crippen molar-refractivity contribution in [1.29, 1.82) is 0 Å². The van der Waals surface area contributed by atoms with E-state index in [1.807, 2.05) is 22.8 Å². The monoisotopic (exact) mass is 281 g/mol. The zero-order chi connectivity index (χ0) is 11.0. The molecule has 1 atom stereocenters. The van der Waals surface area contributed by atoms with E-state index in [-0.39, 0.29) is 0 Å². The second-order valence-corrected chi connectivity index (χ2v) is 4.95. The summed E-state index contributed by atoms with van der Waals surface area (Å²) in [6.07, 6.45) is 4.15. The lowest BCUT2D eigenvalue weighted by Crippen LogP contribution is -2.16. The molecule has 0 radical (unpaired) electrons. The summed E-state index contributed by atoms with van der Waals surface area (Å²) in [4.78, 5) is 4.53. The minimum Gasteiger partial charge on any atom is -0.381 e. The molecule has 2 aromatic rings. The highest BCUT2D eigenvalue weighted by Gasteiger charge is 2.20. The van der Waals surface area contributed by atoms with Crippen molar-refractivity contribution in [3.63, 3.8) is 0 Å². The van der Waals surface area contributed by atoms with Crippen LogP contribution in [0, 0.1) is 0 Å². The van der Waals surface area contributed by atoms with E-state index in [9.17, 15) is 0 Å². The Morgan fingerprint density at radius 2 is 2.38 bits per heavy atom. The predicted octanol–water partition coefficient (Wildman–Crippen LogP) is 2.39.